The summed E-state index contributed by atoms with van der Waals surface area (Å²) in [6, 6.07) is 3.24. The normalized spacial score (nSPS) is 14.1. The number of unbranched alkanes of at least 4 members (excludes halogenated alkanes) is 1. The Morgan fingerprint density at radius 3 is 2.58 bits per heavy atom. The molecule has 4 N–H and O–H groups in total. The molecular formula is C34H38O10S. The first kappa shape index (κ1) is 35.1. The van der Waals surface area contributed by atoms with Crippen molar-refractivity contribution in [3.8, 4) is 11.5 Å². The number of aromatic hydroxyl groups is 1. The van der Waals surface area contributed by atoms with Gasteiger partial charge in [-0.15, -0.1) is 0 Å². The molecule has 0 amide bonds. The molecule has 1 heterocycles. The highest BCUT2D eigenvalue weighted by Crippen LogP contribution is 2.33. The Kier molecular flexibility index (Phi) is 13.0. The van der Waals surface area contributed by atoms with E-state index in [9.17, 15) is 34.5 Å². The number of hydrogen-bond donors (Lipinski definition) is 4. The van der Waals surface area contributed by atoms with Gasteiger partial charge in [0.15, 0.2) is 11.2 Å². The van der Waals surface area contributed by atoms with Crippen molar-refractivity contribution in [2.24, 2.45) is 0 Å². The summed E-state index contributed by atoms with van der Waals surface area (Å²) in [6.07, 6.45) is 11.2. The molecule has 45 heavy (non-hydrogen) atoms. The molecule has 2 atom stereocenters. The number of benzene rings is 1. The molecule has 1 aromatic heterocycles. The van der Waals surface area contributed by atoms with Crippen LogP contribution in [-0.4, -0.2) is 55.7 Å². The van der Waals surface area contributed by atoms with Crippen LogP contribution in [0.1, 0.15) is 96.8 Å². The second-order valence-electron chi connectivity index (χ2n) is 10.7. The monoisotopic (exact) mass is 638 g/mol. The molecule has 11 heteroatoms. The maximum atomic E-state index is 13.5. The first-order valence-electron chi connectivity index (χ1n) is 14.8. The van der Waals surface area contributed by atoms with Crippen LogP contribution >= 0.6 is 12.2 Å². The molecule has 1 aromatic carbocycles. The average Bonchev–Trinajstić information content (AvgIpc) is 2.97. The SMILES string of the molecule is CCCc1c(OCCC/C=C\C=C\[C@@H](c2c(C(=O)O)oc3c(c2=O)=CCC(=S)C=3)[C@H](O)CCCC(=O)O)ccc(C(C)=O)c1O. The van der Waals surface area contributed by atoms with E-state index in [1.165, 1.54) is 19.1 Å². The van der Waals surface area contributed by atoms with Crippen molar-refractivity contribution >= 4 is 47.0 Å². The van der Waals surface area contributed by atoms with E-state index in [1.54, 1.807) is 30.4 Å². The lowest BCUT2D eigenvalue weighted by atomic mass is 9.88. The third-order valence-corrected chi connectivity index (χ3v) is 7.59. The first-order valence-corrected chi connectivity index (χ1v) is 15.2. The molecule has 0 bridgehead atoms. The fourth-order valence-electron chi connectivity index (χ4n) is 5.08. The number of phenols is 1. The summed E-state index contributed by atoms with van der Waals surface area (Å²) >= 11 is 5.16. The van der Waals surface area contributed by atoms with Crippen LogP contribution in [0.5, 0.6) is 11.5 Å². The van der Waals surface area contributed by atoms with Crippen molar-refractivity contribution in [3.05, 3.63) is 79.7 Å². The van der Waals surface area contributed by atoms with E-state index in [1.807, 2.05) is 13.0 Å². The number of allylic oxidation sites excluding steroid dienone is 3. The van der Waals surface area contributed by atoms with Crippen molar-refractivity contribution in [1.29, 1.82) is 0 Å². The number of aliphatic hydroxyl groups excluding tert-OH is 1. The smallest absolute Gasteiger partial charge is 0.372 e. The standard InChI is InChI=1S/C34H38O10S/c1-3-10-24-27(17-16-22(20(2)35)31(24)39)43-18-8-6-4-5-7-11-23(26(36)12-9-13-29(37)38)30-32(40)25-15-14-21(45)19-28(25)44-33(30)34(41)42/h4-5,7,11,15-17,19,23,26,36,39H,3,6,8-10,12-14,18H2,1-2H3,(H,37,38)(H,41,42)/b5-4-,11-7+/t23-,26-/m1/s1. The van der Waals surface area contributed by atoms with Gasteiger partial charge in [-0.1, -0.05) is 55.9 Å². The van der Waals surface area contributed by atoms with Gasteiger partial charge in [-0.3, -0.25) is 14.4 Å². The number of fused-ring (bicyclic) bond motifs is 1. The fraction of sp³-hybridized carbons (Fsp3) is 0.382. The maximum absolute atomic E-state index is 13.5. The van der Waals surface area contributed by atoms with Gasteiger partial charge in [0.1, 0.15) is 16.9 Å². The molecule has 0 fully saturated rings. The Balaban J connectivity index is 1.77. The highest BCUT2D eigenvalue weighted by atomic mass is 32.1. The molecule has 1 aliphatic carbocycles. The largest absolute Gasteiger partial charge is 0.507 e. The first-order chi connectivity index (χ1) is 21.5. The van der Waals surface area contributed by atoms with Gasteiger partial charge >= 0.3 is 11.9 Å². The van der Waals surface area contributed by atoms with E-state index in [0.717, 1.165) is 6.42 Å². The molecule has 0 aliphatic heterocycles. The third kappa shape index (κ3) is 9.32. The number of aliphatic carboxylic acids is 1. The summed E-state index contributed by atoms with van der Waals surface area (Å²) in [6.45, 7) is 3.72. The number of phenolic OH excluding ortho intramolecular Hbond substituents is 1. The van der Waals surface area contributed by atoms with Gasteiger partial charge < -0.3 is 29.6 Å². The van der Waals surface area contributed by atoms with Gasteiger partial charge in [-0.25, -0.2) is 4.79 Å². The zero-order valence-electron chi connectivity index (χ0n) is 25.3. The zero-order valence-corrected chi connectivity index (χ0v) is 26.1. The minimum Gasteiger partial charge on any atom is -0.507 e. The molecule has 0 radical (unpaired) electrons. The van der Waals surface area contributed by atoms with Crippen LogP contribution in [0.25, 0.3) is 12.2 Å². The predicted octanol–water partition coefficient (Wildman–Crippen LogP) is 4.20. The average molecular weight is 639 g/mol. The van der Waals surface area contributed by atoms with Crippen LogP contribution in [0.3, 0.4) is 0 Å². The number of Topliss-reactive ketones (excluding diaryl/α,β-unsaturated/α-hetero) is 1. The lowest BCUT2D eigenvalue weighted by Crippen LogP contribution is -2.45. The Morgan fingerprint density at radius 1 is 1.16 bits per heavy atom. The van der Waals surface area contributed by atoms with Crippen LogP contribution in [0, 0.1) is 0 Å². The second kappa shape index (κ2) is 16.6. The van der Waals surface area contributed by atoms with Crippen molar-refractivity contribution in [2.75, 3.05) is 6.61 Å². The summed E-state index contributed by atoms with van der Waals surface area (Å²) in [5, 5.41) is 40.6. The molecule has 10 nitrogen and oxygen atoms in total. The van der Waals surface area contributed by atoms with E-state index < -0.39 is 35.1 Å². The van der Waals surface area contributed by atoms with Crippen LogP contribution in [0.4, 0.5) is 0 Å². The minimum absolute atomic E-state index is 0.0147. The molecule has 2 aromatic rings. The quantitative estimate of drug-likeness (QED) is 0.0847. The summed E-state index contributed by atoms with van der Waals surface area (Å²) in [7, 11) is 0. The summed E-state index contributed by atoms with van der Waals surface area (Å²) in [5.41, 5.74) is 0.0958. The van der Waals surface area contributed by atoms with Crippen molar-refractivity contribution < 1.29 is 44.0 Å². The number of ketones is 1. The van der Waals surface area contributed by atoms with Crippen molar-refractivity contribution in [3.63, 3.8) is 0 Å². The van der Waals surface area contributed by atoms with Gasteiger partial charge in [0.25, 0.3) is 0 Å². The Bertz CT molecular complexity index is 1680. The highest BCUT2D eigenvalue weighted by Gasteiger charge is 2.30. The molecule has 0 spiro atoms. The van der Waals surface area contributed by atoms with Gasteiger partial charge in [-0.05, 0) is 57.2 Å². The van der Waals surface area contributed by atoms with Crippen molar-refractivity contribution in [2.45, 2.75) is 77.2 Å². The van der Waals surface area contributed by atoms with Gasteiger partial charge in [-0.2, -0.15) is 0 Å². The summed E-state index contributed by atoms with van der Waals surface area (Å²) in [4.78, 5) is 48.9. The Morgan fingerprint density at radius 2 is 1.91 bits per heavy atom. The fourth-order valence-corrected chi connectivity index (χ4v) is 5.27. The van der Waals surface area contributed by atoms with Gasteiger partial charge in [0.2, 0.25) is 5.76 Å². The second-order valence-corrected chi connectivity index (χ2v) is 11.2. The van der Waals surface area contributed by atoms with Crippen molar-refractivity contribution in [1.82, 2.24) is 0 Å². The van der Waals surface area contributed by atoms with E-state index in [4.69, 9.17) is 26.5 Å². The predicted molar refractivity (Wildman–Crippen MR) is 173 cm³/mol. The van der Waals surface area contributed by atoms with E-state index in [0.29, 0.717) is 48.5 Å². The number of carboxylic acids is 2. The van der Waals surface area contributed by atoms with E-state index >= 15 is 0 Å². The van der Waals surface area contributed by atoms with E-state index in [-0.39, 0.29) is 52.6 Å². The molecule has 3 rings (SSSR count). The molecular weight excluding hydrogens is 600 g/mol. The number of aliphatic hydroxyl groups is 1. The number of carbonyl (C=O) groups is 3. The van der Waals surface area contributed by atoms with Crippen LogP contribution in [0.15, 0.2) is 45.6 Å². The maximum Gasteiger partial charge on any atom is 0.372 e. The lowest BCUT2D eigenvalue weighted by molar-refractivity contribution is -0.137. The molecule has 240 valence electrons. The number of hydrogen-bond acceptors (Lipinski definition) is 9. The Hall–Kier alpha value is -4.35. The molecule has 1 aliphatic rings. The lowest BCUT2D eigenvalue weighted by Gasteiger charge is -2.21. The summed E-state index contributed by atoms with van der Waals surface area (Å²) < 4.78 is 11.5. The Labute approximate surface area is 265 Å². The summed E-state index contributed by atoms with van der Waals surface area (Å²) in [5.74, 6) is -3.95. The number of rotatable bonds is 17. The number of carbonyl (C=O) groups excluding carboxylic acids is 1. The molecule has 0 unspecified atom stereocenters. The van der Waals surface area contributed by atoms with E-state index in [2.05, 4.69) is 0 Å². The topological polar surface area (TPSA) is 172 Å². The van der Waals surface area contributed by atoms with Gasteiger partial charge in [0.05, 0.1) is 29.1 Å². The van der Waals surface area contributed by atoms with Crippen LogP contribution in [-0.2, 0) is 11.2 Å². The minimum atomic E-state index is -1.48. The zero-order chi connectivity index (χ0) is 33.1. The van der Waals surface area contributed by atoms with Gasteiger partial charge in [0, 0.05) is 29.2 Å². The highest BCUT2D eigenvalue weighted by molar-refractivity contribution is 7.81. The number of aromatic carboxylic acids is 1. The molecule has 0 saturated carbocycles. The number of carboxylic acid groups (broad SMARTS) is 2. The molecule has 0 saturated heterocycles. The van der Waals surface area contributed by atoms with Crippen LogP contribution < -0.4 is 20.8 Å². The number of ether oxygens (including phenoxy) is 1. The van der Waals surface area contributed by atoms with Crippen LogP contribution in [0.2, 0.25) is 0 Å². The third-order valence-electron chi connectivity index (χ3n) is 7.30. The number of thiocarbonyl (C=S) groups is 1.